The molecule has 1 aromatic heterocycles. The van der Waals surface area contributed by atoms with Gasteiger partial charge in [-0.3, -0.25) is 4.79 Å². The van der Waals surface area contributed by atoms with Crippen molar-refractivity contribution in [2.24, 2.45) is 0 Å². The summed E-state index contributed by atoms with van der Waals surface area (Å²) in [4.78, 5) is 21.0. The number of nitrogens with one attached hydrogen (secondary N) is 2. The number of hydrogen-bond donors (Lipinski definition) is 2. The Bertz CT molecular complexity index is 943. The van der Waals surface area contributed by atoms with E-state index in [1.165, 1.54) is 18.0 Å². The minimum absolute atomic E-state index is 0.00301. The number of benzene rings is 2. The molecule has 3 aromatic rings. The monoisotopic (exact) mass is 360 g/mol. The molecule has 0 bridgehead atoms. The van der Waals surface area contributed by atoms with Crippen LogP contribution in [0.15, 0.2) is 60.9 Å². The Morgan fingerprint density at radius 1 is 0.889 bits per heavy atom. The number of aryl methyl sites for hydroxylation is 1. The molecular weight excluding hydrogens is 336 g/mol. The van der Waals surface area contributed by atoms with E-state index < -0.39 is 0 Å². The van der Waals surface area contributed by atoms with Crippen molar-refractivity contribution in [3.63, 3.8) is 0 Å². The lowest BCUT2D eigenvalue weighted by molar-refractivity contribution is 0.102. The zero-order chi connectivity index (χ0) is 19.4. The van der Waals surface area contributed by atoms with E-state index >= 15 is 0 Å². The Kier molecular flexibility index (Phi) is 5.21. The second-order valence-corrected chi connectivity index (χ2v) is 7.48. The first-order chi connectivity index (χ1) is 12.8. The van der Waals surface area contributed by atoms with Crippen molar-refractivity contribution in [3.8, 4) is 0 Å². The zero-order valence-electron chi connectivity index (χ0n) is 16.1. The summed E-state index contributed by atoms with van der Waals surface area (Å²) in [7, 11) is 0. The van der Waals surface area contributed by atoms with E-state index in [2.05, 4.69) is 47.4 Å². The fourth-order valence-electron chi connectivity index (χ4n) is 2.78. The van der Waals surface area contributed by atoms with Gasteiger partial charge in [-0.05, 0) is 35.6 Å². The number of hydrogen-bond acceptors (Lipinski definition) is 4. The second kappa shape index (κ2) is 7.58. The van der Waals surface area contributed by atoms with Crippen LogP contribution in [-0.4, -0.2) is 15.9 Å². The third kappa shape index (κ3) is 4.50. The highest BCUT2D eigenvalue weighted by Crippen LogP contribution is 2.30. The lowest BCUT2D eigenvalue weighted by Gasteiger charge is -2.22. The molecule has 0 saturated carbocycles. The minimum Gasteiger partial charge on any atom is -0.324 e. The Balaban J connectivity index is 1.75. The number of carbonyl (C=O) groups excluding carboxylic acids is 1. The van der Waals surface area contributed by atoms with Crippen LogP contribution >= 0.6 is 0 Å². The Labute approximate surface area is 159 Å². The van der Waals surface area contributed by atoms with Crippen LogP contribution in [0.2, 0.25) is 0 Å². The average Bonchev–Trinajstić information content (AvgIpc) is 2.64. The molecule has 0 aliphatic rings. The van der Waals surface area contributed by atoms with E-state index in [0.29, 0.717) is 11.5 Å². The number of amides is 1. The molecule has 0 unspecified atom stereocenters. The summed E-state index contributed by atoms with van der Waals surface area (Å²) in [5, 5.41) is 6.14. The van der Waals surface area contributed by atoms with Crippen LogP contribution in [0.1, 0.15) is 42.3 Å². The van der Waals surface area contributed by atoms with Crippen molar-refractivity contribution in [3.05, 3.63) is 77.6 Å². The first-order valence-electron chi connectivity index (χ1n) is 8.90. The SMILES string of the molecule is Cc1ccccc1NC(=O)c1cnc(Nc2ccccc2C(C)(C)C)nc1. The largest absolute Gasteiger partial charge is 0.324 e. The molecule has 1 amide bonds. The standard InChI is InChI=1S/C22H24N4O/c1-15-9-5-7-11-18(15)25-20(27)16-13-23-21(24-14-16)26-19-12-8-6-10-17(19)22(2,3)4/h5-14H,1-4H3,(H,25,27)(H,23,24,26). The smallest absolute Gasteiger partial charge is 0.258 e. The molecule has 5 nitrogen and oxygen atoms in total. The van der Waals surface area contributed by atoms with Gasteiger partial charge in [0.15, 0.2) is 0 Å². The second-order valence-electron chi connectivity index (χ2n) is 7.48. The highest BCUT2D eigenvalue weighted by molar-refractivity contribution is 6.04. The van der Waals surface area contributed by atoms with E-state index in [1.54, 1.807) is 0 Å². The molecule has 0 aliphatic heterocycles. The van der Waals surface area contributed by atoms with Gasteiger partial charge in [0.05, 0.1) is 5.56 Å². The molecule has 0 fully saturated rings. The predicted molar refractivity (Wildman–Crippen MR) is 110 cm³/mol. The van der Waals surface area contributed by atoms with Crippen molar-refractivity contribution < 1.29 is 4.79 Å². The third-order valence-corrected chi connectivity index (χ3v) is 4.29. The molecule has 3 rings (SSSR count). The van der Waals surface area contributed by atoms with Gasteiger partial charge < -0.3 is 10.6 Å². The molecular formula is C22H24N4O. The summed E-state index contributed by atoms with van der Waals surface area (Å²) in [5.74, 6) is 0.227. The fourth-order valence-corrected chi connectivity index (χ4v) is 2.78. The molecule has 5 heteroatoms. The highest BCUT2D eigenvalue weighted by Gasteiger charge is 2.18. The number of rotatable bonds is 4. The molecule has 0 spiro atoms. The summed E-state index contributed by atoms with van der Waals surface area (Å²) in [5.41, 5.74) is 4.33. The molecule has 27 heavy (non-hydrogen) atoms. The molecule has 0 aliphatic carbocycles. The van der Waals surface area contributed by atoms with Crippen LogP contribution in [0.5, 0.6) is 0 Å². The molecule has 138 valence electrons. The lowest BCUT2D eigenvalue weighted by atomic mass is 9.86. The van der Waals surface area contributed by atoms with Gasteiger partial charge in [-0.25, -0.2) is 9.97 Å². The van der Waals surface area contributed by atoms with Gasteiger partial charge in [0.25, 0.3) is 5.91 Å². The number of aromatic nitrogens is 2. The summed E-state index contributed by atoms with van der Waals surface area (Å²) < 4.78 is 0. The molecule has 2 aromatic carbocycles. The average molecular weight is 360 g/mol. The van der Waals surface area contributed by atoms with E-state index in [4.69, 9.17) is 0 Å². The van der Waals surface area contributed by atoms with Crippen molar-refractivity contribution >= 4 is 23.2 Å². The minimum atomic E-state index is -0.231. The maximum Gasteiger partial charge on any atom is 0.258 e. The van der Waals surface area contributed by atoms with Crippen molar-refractivity contribution in [2.45, 2.75) is 33.1 Å². The summed E-state index contributed by atoms with van der Waals surface area (Å²) in [6.07, 6.45) is 3.06. The number of carbonyl (C=O) groups is 1. The zero-order valence-corrected chi connectivity index (χ0v) is 16.1. The van der Waals surface area contributed by atoms with E-state index in [9.17, 15) is 4.79 Å². The van der Waals surface area contributed by atoms with Crippen LogP contribution in [0.25, 0.3) is 0 Å². The lowest BCUT2D eigenvalue weighted by Crippen LogP contribution is -2.15. The number of para-hydroxylation sites is 2. The van der Waals surface area contributed by atoms with Gasteiger partial charge in [0.1, 0.15) is 0 Å². The first-order valence-corrected chi connectivity index (χ1v) is 8.90. The number of anilines is 3. The van der Waals surface area contributed by atoms with Crippen LogP contribution in [0, 0.1) is 6.92 Å². The number of nitrogens with zero attached hydrogens (tertiary/aromatic N) is 2. The van der Waals surface area contributed by atoms with E-state index in [0.717, 1.165) is 16.9 Å². The summed E-state index contributed by atoms with van der Waals surface area (Å²) >= 11 is 0. The van der Waals surface area contributed by atoms with Gasteiger partial charge in [0, 0.05) is 23.8 Å². The first kappa shape index (κ1) is 18.6. The van der Waals surface area contributed by atoms with E-state index in [1.807, 2.05) is 49.4 Å². The van der Waals surface area contributed by atoms with Crippen LogP contribution in [0.3, 0.4) is 0 Å². The van der Waals surface area contributed by atoms with Gasteiger partial charge in [-0.1, -0.05) is 57.2 Å². The highest BCUT2D eigenvalue weighted by atomic mass is 16.1. The molecule has 0 atom stereocenters. The van der Waals surface area contributed by atoms with Gasteiger partial charge in [-0.15, -0.1) is 0 Å². The van der Waals surface area contributed by atoms with E-state index in [-0.39, 0.29) is 11.3 Å². The van der Waals surface area contributed by atoms with Crippen molar-refractivity contribution in [1.82, 2.24) is 9.97 Å². The van der Waals surface area contributed by atoms with Crippen molar-refractivity contribution in [1.29, 1.82) is 0 Å². The van der Waals surface area contributed by atoms with Gasteiger partial charge >= 0.3 is 0 Å². The fraction of sp³-hybridized carbons (Fsp3) is 0.227. The van der Waals surface area contributed by atoms with Gasteiger partial charge in [0.2, 0.25) is 5.95 Å². The van der Waals surface area contributed by atoms with Crippen LogP contribution in [-0.2, 0) is 5.41 Å². The predicted octanol–water partition coefficient (Wildman–Crippen LogP) is 5.08. The van der Waals surface area contributed by atoms with Crippen LogP contribution in [0.4, 0.5) is 17.3 Å². The summed E-state index contributed by atoms with van der Waals surface area (Å²) in [6, 6.07) is 15.7. The third-order valence-electron chi connectivity index (χ3n) is 4.29. The quantitative estimate of drug-likeness (QED) is 0.681. The van der Waals surface area contributed by atoms with Crippen molar-refractivity contribution in [2.75, 3.05) is 10.6 Å². The molecule has 1 heterocycles. The maximum atomic E-state index is 12.4. The topological polar surface area (TPSA) is 66.9 Å². The summed E-state index contributed by atoms with van der Waals surface area (Å²) in [6.45, 7) is 8.43. The molecule has 0 radical (unpaired) electrons. The normalized spacial score (nSPS) is 11.1. The Morgan fingerprint density at radius 2 is 1.48 bits per heavy atom. The molecule has 0 saturated heterocycles. The Morgan fingerprint density at radius 3 is 2.11 bits per heavy atom. The van der Waals surface area contributed by atoms with Crippen LogP contribution < -0.4 is 10.6 Å². The van der Waals surface area contributed by atoms with Gasteiger partial charge in [-0.2, -0.15) is 0 Å². The molecule has 2 N–H and O–H groups in total. The maximum absolute atomic E-state index is 12.4. The Hall–Kier alpha value is -3.21.